The summed E-state index contributed by atoms with van der Waals surface area (Å²) in [5, 5.41) is 8.58. The highest BCUT2D eigenvalue weighted by Gasteiger charge is 1.98. The van der Waals surface area contributed by atoms with Crippen LogP contribution in [0.1, 0.15) is 42.4 Å². The molecule has 0 bridgehead atoms. The van der Waals surface area contributed by atoms with Crippen molar-refractivity contribution < 1.29 is 9.84 Å². The highest BCUT2D eigenvalue weighted by atomic mass is 32.1. The Kier molecular flexibility index (Phi) is 7.74. The minimum atomic E-state index is -0.0822. The Hall–Kier alpha value is -0.820. The van der Waals surface area contributed by atoms with Gasteiger partial charge in [0, 0.05) is 11.5 Å². The lowest BCUT2D eigenvalue weighted by atomic mass is 10.2. The molecule has 0 saturated carbocycles. The summed E-state index contributed by atoms with van der Waals surface area (Å²) in [7, 11) is 0. The van der Waals surface area contributed by atoms with Crippen molar-refractivity contribution >= 4 is 11.3 Å². The van der Waals surface area contributed by atoms with E-state index in [-0.39, 0.29) is 6.61 Å². The second-order valence-electron chi connectivity index (χ2n) is 3.84. The van der Waals surface area contributed by atoms with E-state index in [1.54, 1.807) is 11.3 Å². The summed E-state index contributed by atoms with van der Waals surface area (Å²) < 4.78 is 5.60. The molecule has 0 atom stereocenters. The lowest BCUT2D eigenvalue weighted by Gasteiger charge is -2.01. The van der Waals surface area contributed by atoms with E-state index in [0.29, 0.717) is 6.61 Å². The second-order valence-corrected chi connectivity index (χ2v) is 5.01. The predicted octanol–water partition coefficient (Wildman–Crippen LogP) is 3.19. The van der Waals surface area contributed by atoms with Gasteiger partial charge in [-0.1, -0.05) is 38.0 Å². The van der Waals surface area contributed by atoms with Crippen LogP contribution in [-0.4, -0.2) is 18.3 Å². The fourth-order valence-electron chi connectivity index (χ4n) is 1.45. The van der Waals surface area contributed by atoms with Crippen LogP contribution in [0.15, 0.2) is 12.1 Å². The largest absolute Gasteiger partial charge is 0.384 e. The molecule has 1 aromatic heterocycles. The van der Waals surface area contributed by atoms with Gasteiger partial charge in [-0.05, 0) is 18.6 Å². The molecule has 1 N–H and O–H groups in total. The number of hydrogen-bond donors (Lipinski definition) is 1. The zero-order valence-corrected chi connectivity index (χ0v) is 11.2. The molecule has 3 heteroatoms. The monoisotopic (exact) mass is 252 g/mol. The summed E-state index contributed by atoms with van der Waals surface area (Å²) in [5.41, 5.74) is 0. The van der Waals surface area contributed by atoms with E-state index in [1.807, 2.05) is 12.1 Å². The van der Waals surface area contributed by atoms with Crippen LogP contribution < -0.4 is 0 Å². The molecule has 0 fully saturated rings. The second kappa shape index (κ2) is 9.23. The van der Waals surface area contributed by atoms with E-state index in [0.717, 1.165) is 17.9 Å². The van der Waals surface area contributed by atoms with Crippen LogP contribution in [0.2, 0.25) is 0 Å². The van der Waals surface area contributed by atoms with Crippen molar-refractivity contribution in [2.45, 2.75) is 39.2 Å². The van der Waals surface area contributed by atoms with Crippen molar-refractivity contribution in [3.8, 4) is 11.8 Å². The number of thiophene rings is 1. The van der Waals surface area contributed by atoms with Crippen LogP contribution >= 0.6 is 11.3 Å². The molecule has 0 aromatic carbocycles. The molecule has 2 nitrogen and oxygen atoms in total. The number of ether oxygens (including phenoxy) is 1. The Morgan fingerprint density at radius 3 is 2.94 bits per heavy atom. The molecule has 94 valence electrons. The summed E-state index contributed by atoms with van der Waals surface area (Å²) in [6, 6.07) is 4.02. The van der Waals surface area contributed by atoms with Gasteiger partial charge in [-0.25, -0.2) is 0 Å². The summed E-state index contributed by atoms with van der Waals surface area (Å²) in [6.07, 6.45) is 4.96. The molecular weight excluding hydrogens is 232 g/mol. The first kappa shape index (κ1) is 14.2. The van der Waals surface area contributed by atoms with Crippen LogP contribution in [0.3, 0.4) is 0 Å². The normalized spacial score (nSPS) is 10.0. The minimum Gasteiger partial charge on any atom is -0.384 e. The maximum Gasteiger partial charge on any atom is 0.104 e. The molecule has 0 radical (unpaired) electrons. The fraction of sp³-hybridized carbons (Fsp3) is 0.571. The third-order valence-electron chi connectivity index (χ3n) is 2.34. The Balaban J connectivity index is 2.16. The van der Waals surface area contributed by atoms with Crippen molar-refractivity contribution in [2.75, 3.05) is 13.2 Å². The zero-order valence-electron chi connectivity index (χ0n) is 10.4. The van der Waals surface area contributed by atoms with Gasteiger partial charge >= 0.3 is 0 Å². The van der Waals surface area contributed by atoms with E-state index in [4.69, 9.17) is 9.84 Å². The molecule has 0 aliphatic carbocycles. The molecule has 0 unspecified atom stereocenters. The average molecular weight is 252 g/mol. The molecule has 0 amide bonds. The first-order valence-electron chi connectivity index (χ1n) is 6.13. The summed E-state index contributed by atoms with van der Waals surface area (Å²) >= 11 is 1.63. The lowest BCUT2D eigenvalue weighted by Crippen LogP contribution is -1.93. The first-order valence-corrected chi connectivity index (χ1v) is 6.94. The molecule has 1 rings (SSSR count). The summed E-state index contributed by atoms with van der Waals surface area (Å²) in [4.78, 5) is 2.19. The van der Waals surface area contributed by atoms with E-state index >= 15 is 0 Å². The molecular formula is C14H20O2S. The maximum absolute atomic E-state index is 8.58. The highest BCUT2D eigenvalue weighted by Crippen LogP contribution is 2.16. The Morgan fingerprint density at radius 1 is 1.29 bits per heavy atom. The van der Waals surface area contributed by atoms with E-state index in [2.05, 4.69) is 18.8 Å². The van der Waals surface area contributed by atoms with Gasteiger partial charge in [0.05, 0.1) is 11.5 Å². The number of rotatable bonds is 7. The molecule has 1 aromatic rings. The molecule has 0 aliphatic heterocycles. The Labute approximate surface area is 108 Å². The molecule has 0 aliphatic rings. The number of aliphatic hydroxyl groups excluding tert-OH is 1. The lowest BCUT2D eigenvalue weighted by molar-refractivity contribution is 0.119. The number of hydrogen-bond acceptors (Lipinski definition) is 3. The van der Waals surface area contributed by atoms with E-state index < -0.39 is 0 Å². The van der Waals surface area contributed by atoms with Crippen LogP contribution in [0.25, 0.3) is 0 Å². The van der Waals surface area contributed by atoms with Gasteiger partial charge in [-0.2, -0.15) is 0 Å². The van der Waals surface area contributed by atoms with Crippen molar-refractivity contribution in [1.82, 2.24) is 0 Å². The number of aliphatic hydroxyl groups is 1. The third kappa shape index (κ3) is 6.48. The van der Waals surface area contributed by atoms with Gasteiger partial charge in [0.1, 0.15) is 6.61 Å². The zero-order chi connectivity index (χ0) is 12.3. The standard InChI is InChI=1S/C14H20O2S/c1-2-3-4-5-11-16-12-14-9-8-13(17-14)7-6-10-15/h8-9,15H,2-5,10-12H2,1H3. The van der Waals surface area contributed by atoms with Crippen molar-refractivity contribution in [3.05, 3.63) is 21.9 Å². The van der Waals surface area contributed by atoms with E-state index in [1.165, 1.54) is 24.1 Å². The molecule has 1 heterocycles. The summed E-state index contributed by atoms with van der Waals surface area (Å²) in [6.45, 7) is 3.65. The average Bonchev–Trinajstić information content (AvgIpc) is 2.79. The van der Waals surface area contributed by atoms with Crippen LogP contribution in [-0.2, 0) is 11.3 Å². The van der Waals surface area contributed by atoms with Crippen molar-refractivity contribution in [2.24, 2.45) is 0 Å². The summed E-state index contributed by atoms with van der Waals surface area (Å²) in [5.74, 6) is 5.54. The first-order chi connectivity index (χ1) is 8.36. The smallest absolute Gasteiger partial charge is 0.104 e. The van der Waals surface area contributed by atoms with Gasteiger partial charge in [0.2, 0.25) is 0 Å². The molecule has 0 spiro atoms. The van der Waals surface area contributed by atoms with Crippen LogP contribution in [0.4, 0.5) is 0 Å². The van der Waals surface area contributed by atoms with Crippen LogP contribution in [0.5, 0.6) is 0 Å². The van der Waals surface area contributed by atoms with Gasteiger partial charge in [0.15, 0.2) is 0 Å². The van der Waals surface area contributed by atoms with Crippen molar-refractivity contribution in [3.63, 3.8) is 0 Å². The third-order valence-corrected chi connectivity index (χ3v) is 3.31. The van der Waals surface area contributed by atoms with Gasteiger partial charge in [0.25, 0.3) is 0 Å². The quantitative estimate of drug-likeness (QED) is 0.596. The topological polar surface area (TPSA) is 29.5 Å². The fourth-order valence-corrected chi connectivity index (χ4v) is 2.27. The predicted molar refractivity (Wildman–Crippen MR) is 72.1 cm³/mol. The van der Waals surface area contributed by atoms with Gasteiger partial charge < -0.3 is 9.84 Å². The Morgan fingerprint density at radius 2 is 2.18 bits per heavy atom. The number of unbranched alkanes of at least 4 members (excludes halogenated alkanes) is 3. The Bertz CT molecular complexity index is 360. The maximum atomic E-state index is 8.58. The van der Waals surface area contributed by atoms with Crippen LogP contribution in [0, 0.1) is 11.8 Å². The molecule has 0 saturated heterocycles. The minimum absolute atomic E-state index is 0.0822. The SMILES string of the molecule is CCCCCCOCc1ccc(C#CCO)s1. The van der Waals surface area contributed by atoms with Gasteiger partial charge in [-0.3, -0.25) is 0 Å². The van der Waals surface area contributed by atoms with Crippen molar-refractivity contribution in [1.29, 1.82) is 0 Å². The van der Waals surface area contributed by atoms with Gasteiger partial charge in [-0.15, -0.1) is 11.3 Å². The highest BCUT2D eigenvalue weighted by molar-refractivity contribution is 7.12. The van der Waals surface area contributed by atoms with E-state index in [9.17, 15) is 0 Å². The molecule has 17 heavy (non-hydrogen) atoms.